The van der Waals surface area contributed by atoms with Gasteiger partial charge in [0.05, 0.1) is 0 Å². The standard InChI is InChI=1S/2La.3H2O3S/c;;3*1-4(2)3/h;;3*(H2,1,2,3)/q2*+3;;;/p-6. The molecular formula is La2O9S3. The summed E-state index contributed by atoms with van der Waals surface area (Å²) in [5.41, 5.74) is 0. The van der Waals surface area contributed by atoms with Crippen molar-refractivity contribution in [2.24, 2.45) is 0 Å². The second kappa shape index (κ2) is 24.7. The third-order valence-electron chi connectivity index (χ3n) is 0. The Labute approximate surface area is 143 Å². The quantitative estimate of drug-likeness (QED) is 0.301. The molecule has 0 aromatic rings. The Morgan fingerprint density at radius 3 is 0.500 bits per heavy atom. The summed E-state index contributed by atoms with van der Waals surface area (Å²) in [5, 5.41) is 0. The van der Waals surface area contributed by atoms with Gasteiger partial charge in [0.1, 0.15) is 0 Å². The zero-order chi connectivity index (χ0) is 10.7. The summed E-state index contributed by atoms with van der Waals surface area (Å²) >= 11 is -9.33. The van der Waals surface area contributed by atoms with Gasteiger partial charge in [-0.15, -0.1) is 34.1 Å². The van der Waals surface area contributed by atoms with Crippen LogP contribution in [0.2, 0.25) is 0 Å². The number of hydrogen-bond acceptors (Lipinski definition) is 9. The Morgan fingerprint density at radius 2 is 0.500 bits per heavy atom. The molecule has 0 fully saturated rings. The molecule has 78 valence electrons. The Bertz CT molecular complexity index is 116. The molecule has 0 bridgehead atoms. The molecule has 0 spiro atoms. The second-order valence-corrected chi connectivity index (χ2v) is 1.84. The van der Waals surface area contributed by atoms with Gasteiger partial charge in [-0.25, -0.2) is 0 Å². The van der Waals surface area contributed by atoms with Crippen molar-refractivity contribution in [3.8, 4) is 0 Å². The summed E-state index contributed by atoms with van der Waals surface area (Å²) in [5.74, 6) is 0. The maximum Gasteiger partial charge on any atom is 3.00 e. The maximum atomic E-state index is 8.44. The first-order valence-electron chi connectivity index (χ1n) is 1.50. The van der Waals surface area contributed by atoms with E-state index in [1.165, 1.54) is 0 Å². The van der Waals surface area contributed by atoms with Gasteiger partial charge in [-0.3, -0.25) is 12.6 Å². The minimum Gasteiger partial charge on any atom is -0.784 e. The van der Waals surface area contributed by atoms with Crippen molar-refractivity contribution in [1.29, 1.82) is 0 Å². The van der Waals surface area contributed by atoms with E-state index in [9.17, 15) is 0 Å². The summed E-state index contributed by atoms with van der Waals surface area (Å²) in [6.07, 6.45) is 0. The third-order valence-corrected chi connectivity index (χ3v) is 0. The van der Waals surface area contributed by atoms with Crippen molar-refractivity contribution >= 4 is 34.1 Å². The average molecular weight is 518 g/mol. The van der Waals surface area contributed by atoms with Crippen molar-refractivity contribution in [3.05, 3.63) is 0 Å². The van der Waals surface area contributed by atoms with E-state index in [1.54, 1.807) is 0 Å². The van der Waals surface area contributed by atoms with Crippen LogP contribution in [-0.4, -0.2) is 39.9 Å². The van der Waals surface area contributed by atoms with Crippen LogP contribution >= 0.6 is 0 Å². The summed E-state index contributed by atoms with van der Waals surface area (Å²) in [6, 6.07) is 0. The predicted molar refractivity (Wildman–Crippen MR) is 29.1 cm³/mol. The van der Waals surface area contributed by atoms with Crippen molar-refractivity contribution in [2.75, 3.05) is 0 Å². The molecule has 0 radical (unpaired) electrons. The number of hydrogen-bond donors (Lipinski definition) is 0. The largest absolute Gasteiger partial charge is 3.00 e. The number of rotatable bonds is 0. The summed E-state index contributed by atoms with van der Waals surface area (Å²) in [6.45, 7) is 0. The van der Waals surface area contributed by atoms with Crippen molar-refractivity contribution in [1.82, 2.24) is 0 Å². The van der Waals surface area contributed by atoms with Crippen LogP contribution in [0.25, 0.3) is 0 Å². The van der Waals surface area contributed by atoms with Gasteiger partial charge in [-0.1, -0.05) is 0 Å². The third kappa shape index (κ3) is 400. The van der Waals surface area contributed by atoms with Crippen LogP contribution in [0.3, 0.4) is 0 Å². The van der Waals surface area contributed by atoms with Gasteiger partial charge < -0.3 is 27.3 Å². The normalized spacial score (nSPS) is 7.50. The molecule has 0 unspecified atom stereocenters. The van der Waals surface area contributed by atoms with Crippen LogP contribution in [0, 0.1) is 71.2 Å². The Kier molecular flexibility index (Phi) is 53.0. The Hall–Kier alpha value is 2.60. The topological polar surface area (TPSA) is 190 Å². The zero-order valence-electron chi connectivity index (χ0n) is 6.05. The summed E-state index contributed by atoms with van der Waals surface area (Å²) in [4.78, 5) is 0. The van der Waals surface area contributed by atoms with Gasteiger partial charge in [0, 0.05) is 0 Å². The van der Waals surface area contributed by atoms with E-state index in [4.69, 9.17) is 39.9 Å². The van der Waals surface area contributed by atoms with E-state index in [0.717, 1.165) is 0 Å². The fourth-order valence-corrected chi connectivity index (χ4v) is 0. The molecule has 0 aromatic heterocycles. The van der Waals surface area contributed by atoms with Crippen LogP contribution in [-0.2, 0) is 34.1 Å². The molecule has 9 nitrogen and oxygen atoms in total. The minimum absolute atomic E-state index is 0. The predicted octanol–water partition coefficient (Wildman–Crippen LogP) is -3.01. The van der Waals surface area contributed by atoms with Crippen molar-refractivity contribution in [2.45, 2.75) is 0 Å². The van der Waals surface area contributed by atoms with Crippen LogP contribution in [0.15, 0.2) is 0 Å². The second-order valence-electron chi connectivity index (χ2n) is 0.612. The fraction of sp³-hybridized carbons (Fsp3) is 0. The molecule has 0 saturated heterocycles. The zero-order valence-corrected chi connectivity index (χ0v) is 15.8. The van der Waals surface area contributed by atoms with Crippen LogP contribution in [0.1, 0.15) is 0 Å². The smallest absolute Gasteiger partial charge is 0.784 e. The van der Waals surface area contributed by atoms with Crippen LogP contribution < -0.4 is 0 Å². The molecule has 0 rings (SSSR count). The molecule has 0 saturated carbocycles. The summed E-state index contributed by atoms with van der Waals surface area (Å²) < 4.78 is 76.0. The monoisotopic (exact) mass is 518 g/mol. The molecule has 0 N–H and O–H groups in total. The molecule has 0 aliphatic rings. The van der Waals surface area contributed by atoms with Gasteiger partial charge in [-0.05, 0) is 0 Å². The van der Waals surface area contributed by atoms with Gasteiger partial charge >= 0.3 is 71.2 Å². The molecular weight excluding hydrogens is 518 g/mol. The van der Waals surface area contributed by atoms with E-state index in [2.05, 4.69) is 0 Å². The van der Waals surface area contributed by atoms with E-state index >= 15 is 0 Å². The fourth-order valence-electron chi connectivity index (χ4n) is 0. The molecule has 0 heterocycles. The Morgan fingerprint density at radius 1 is 0.500 bits per heavy atom. The minimum atomic E-state index is -3.11. The van der Waals surface area contributed by atoms with Crippen molar-refractivity contribution in [3.63, 3.8) is 0 Å². The van der Waals surface area contributed by atoms with E-state index in [1.807, 2.05) is 0 Å². The van der Waals surface area contributed by atoms with E-state index in [0.29, 0.717) is 0 Å². The molecule has 14 heteroatoms. The molecule has 0 aliphatic carbocycles. The molecule has 0 aliphatic heterocycles. The SMILES string of the molecule is O=S([O-])[O-].O=S([O-])[O-].O=S([O-])[O-].[La+3].[La+3]. The molecule has 0 amide bonds. The van der Waals surface area contributed by atoms with E-state index < -0.39 is 34.1 Å². The van der Waals surface area contributed by atoms with Crippen molar-refractivity contribution < 1.29 is 111 Å². The average Bonchev–Trinajstić information content (AvgIpc) is 1.54. The first-order chi connectivity index (χ1) is 5.20. The van der Waals surface area contributed by atoms with Gasteiger partial charge in [0.2, 0.25) is 0 Å². The Balaban J connectivity index is -0.0000000270. The van der Waals surface area contributed by atoms with Crippen LogP contribution in [0.5, 0.6) is 0 Å². The van der Waals surface area contributed by atoms with E-state index in [-0.39, 0.29) is 71.2 Å². The molecule has 0 atom stereocenters. The van der Waals surface area contributed by atoms with Crippen LogP contribution in [0.4, 0.5) is 0 Å². The molecule has 14 heavy (non-hydrogen) atoms. The first-order valence-corrected chi connectivity index (χ1v) is 4.50. The maximum absolute atomic E-state index is 8.44. The summed E-state index contributed by atoms with van der Waals surface area (Å²) in [7, 11) is 0. The van der Waals surface area contributed by atoms with Gasteiger partial charge in [-0.2, -0.15) is 0 Å². The first kappa shape index (κ1) is 30.0. The molecule has 0 aromatic carbocycles. The van der Waals surface area contributed by atoms with Gasteiger partial charge in [0.15, 0.2) is 0 Å². The van der Waals surface area contributed by atoms with Gasteiger partial charge in [0.25, 0.3) is 0 Å².